The van der Waals surface area contributed by atoms with Crippen molar-refractivity contribution < 1.29 is 4.79 Å². The number of hydrogen-bond acceptors (Lipinski definition) is 2. The molecule has 3 rings (SSSR count). The first kappa shape index (κ1) is 17.7. The van der Waals surface area contributed by atoms with E-state index in [1.807, 2.05) is 22.6 Å². The quantitative estimate of drug-likeness (QED) is 0.805. The van der Waals surface area contributed by atoms with Crippen LogP contribution in [0.1, 0.15) is 72.5 Å². The first-order chi connectivity index (χ1) is 11.7. The summed E-state index contributed by atoms with van der Waals surface area (Å²) in [6.45, 7) is 13.4. The molecule has 25 heavy (non-hydrogen) atoms. The molecule has 4 nitrogen and oxygen atoms in total. The van der Waals surface area contributed by atoms with Crippen molar-refractivity contribution in [3.63, 3.8) is 0 Å². The van der Waals surface area contributed by atoms with E-state index in [-0.39, 0.29) is 17.5 Å². The van der Waals surface area contributed by atoms with E-state index in [0.717, 1.165) is 25.1 Å². The zero-order chi connectivity index (χ0) is 18.4. The molecule has 1 fully saturated rings. The van der Waals surface area contributed by atoms with E-state index >= 15 is 0 Å². The van der Waals surface area contributed by atoms with E-state index in [0.29, 0.717) is 5.69 Å². The zero-order valence-corrected chi connectivity index (χ0v) is 16.3. The topological polar surface area (TPSA) is 38.1 Å². The van der Waals surface area contributed by atoms with E-state index in [9.17, 15) is 4.79 Å². The molecule has 4 heteroatoms. The Kier molecular flexibility index (Phi) is 4.48. The van der Waals surface area contributed by atoms with E-state index < -0.39 is 0 Å². The van der Waals surface area contributed by atoms with Gasteiger partial charge in [0.05, 0.1) is 11.6 Å². The summed E-state index contributed by atoms with van der Waals surface area (Å²) in [6.07, 6.45) is 2.07. The molecule has 1 aliphatic rings. The number of nitrogens with zero attached hydrogens (tertiary/aromatic N) is 3. The lowest BCUT2D eigenvalue weighted by molar-refractivity contribution is 0.0728. The standard InChI is InChI=1S/C21H29N3O/c1-14-10-15(2)12-17(11-14)19-8-7-9-23(19)20(25)18-13-16(3)24(22-18)21(4,5)6/h10-13,19H,7-9H2,1-6H3. The highest BCUT2D eigenvalue weighted by molar-refractivity contribution is 5.93. The van der Waals surface area contributed by atoms with Crippen LogP contribution < -0.4 is 0 Å². The number of rotatable bonds is 2. The molecule has 0 N–H and O–H groups in total. The van der Waals surface area contributed by atoms with Gasteiger partial charge in [0.25, 0.3) is 5.91 Å². The maximum absolute atomic E-state index is 13.1. The summed E-state index contributed by atoms with van der Waals surface area (Å²) in [5.41, 5.74) is 5.21. The molecule has 1 aliphatic heterocycles. The summed E-state index contributed by atoms with van der Waals surface area (Å²) in [5, 5.41) is 4.61. The highest BCUT2D eigenvalue weighted by Gasteiger charge is 2.32. The van der Waals surface area contributed by atoms with Crippen molar-refractivity contribution >= 4 is 5.91 Å². The third-order valence-electron chi connectivity index (χ3n) is 4.88. The number of carbonyl (C=O) groups is 1. The van der Waals surface area contributed by atoms with Crippen LogP contribution in [0.15, 0.2) is 24.3 Å². The molecule has 1 aromatic heterocycles. The van der Waals surface area contributed by atoms with Crippen molar-refractivity contribution in [1.82, 2.24) is 14.7 Å². The van der Waals surface area contributed by atoms with Crippen LogP contribution >= 0.6 is 0 Å². The molecular weight excluding hydrogens is 310 g/mol. The van der Waals surface area contributed by atoms with Gasteiger partial charge < -0.3 is 4.90 Å². The Morgan fingerprint density at radius 3 is 2.28 bits per heavy atom. The molecule has 2 aromatic rings. The Bertz CT molecular complexity index is 778. The van der Waals surface area contributed by atoms with Crippen LogP contribution in [0.25, 0.3) is 0 Å². The average molecular weight is 339 g/mol. The fourth-order valence-corrected chi connectivity index (χ4v) is 3.96. The minimum Gasteiger partial charge on any atom is -0.330 e. The van der Waals surface area contributed by atoms with E-state index in [1.165, 1.54) is 16.7 Å². The van der Waals surface area contributed by atoms with Crippen LogP contribution in [-0.2, 0) is 5.54 Å². The van der Waals surface area contributed by atoms with Crippen molar-refractivity contribution in [1.29, 1.82) is 0 Å². The monoisotopic (exact) mass is 339 g/mol. The van der Waals surface area contributed by atoms with Crippen LogP contribution in [0.4, 0.5) is 0 Å². The van der Waals surface area contributed by atoms with Gasteiger partial charge in [0.1, 0.15) is 0 Å². The number of benzene rings is 1. The summed E-state index contributed by atoms with van der Waals surface area (Å²) in [6, 6.07) is 8.68. The molecule has 0 saturated carbocycles. The molecular formula is C21H29N3O. The highest BCUT2D eigenvalue weighted by Crippen LogP contribution is 2.34. The van der Waals surface area contributed by atoms with Crippen molar-refractivity contribution in [3.05, 3.63) is 52.3 Å². The minimum absolute atomic E-state index is 0.0489. The number of amides is 1. The minimum atomic E-state index is -0.124. The molecule has 1 unspecified atom stereocenters. The normalized spacial score (nSPS) is 18.0. The maximum Gasteiger partial charge on any atom is 0.274 e. The Balaban J connectivity index is 1.91. The SMILES string of the molecule is Cc1cc(C)cc(C2CCCN2C(=O)c2cc(C)n(C(C)(C)C)n2)c1. The van der Waals surface area contributed by atoms with Gasteiger partial charge in [-0.2, -0.15) is 5.10 Å². The number of aromatic nitrogens is 2. The van der Waals surface area contributed by atoms with Crippen LogP contribution in [0.5, 0.6) is 0 Å². The molecule has 0 aliphatic carbocycles. The largest absolute Gasteiger partial charge is 0.330 e. The number of hydrogen-bond donors (Lipinski definition) is 0. The Labute approximate surface area is 150 Å². The van der Waals surface area contributed by atoms with Gasteiger partial charge in [-0.15, -0.1) is 0 Å². The van der Waals surface area contributed by atoms with Crippen molar-refractivity contribution in [3.8, 4) is 0 Å². The Hall–Kier alpha value is -2.10. The maximum atomic E-state index is 13.1. The predicted octanol–water partition coefficient (Wildman–Crippen LogP) is 4.54. The van der Waals surface area contributed by atoms with Gasteiger partial charge >= 0.3 is 0 Å². The zero-order valence-electron chi connectivity index (χ0n) is 16.3. The molecule has 2 heterocycles. The van der Waals surface area contributed by atoms with Crippen molar-refractivity contribution in [2.45, 2.75) is 66.0 Å². The van der Waals surface area contributed by atoms with Crippen LogP contribution in [-0.4, -0.2) is 27.1 Å². The van der Waals surface area contributed by atoms with Crippen LogP contribution in [0.2, 0.25) is 0 Å². The van der Waals surface area contributed by atoms with Gasteiger partial charge in [0.15, 0.2) is 5.69 Å². The van der Waals surface area contributed by atoms with Gasteiger partial charge in [0, 0.05) is 12.2 Å². The molecule has 1 aromatic carbocycles. The van der Waals surface area contributed by atoms with Gasteiger partial charge in [-0.05, 0) is 66.0 Å². The predicted molar refractivity (Wildman–Crippen MR) is 101 cm³/mol. The smallest absolute Gasteiger partial charge is 0.274 e. The van der Waals surface area contributed by atoms with Gasteiger partial charge in [-0.3, -0.25) is 9.48 Å². The summed E-state index contributed by atoms with van der Waals surface area (Å²) in [7, 11) is 0. The van der Waals surface area contributed by atoms with Gasteiger partial charge in [0.2, 0.25) is 0 Å². The molecule has 0 spiro atoms. The second kappa shape index (κ2) is 6.32. The third-order valence-corrected chi connectivity index (χ3v) is 4.88. The first-order valence-electron chi connectivity index (χ1n) is 9.13. The molecule has 0 radical (unpaired) electrons. The second-order valence-electron chi connectivity index (χ2n) is 8.33. The highest BCUT2D eigenvalue weighted by atomic mass is 16.2. The Morgan fingerprint density at radius 1 is 1.08 bits per heavy atom. The number of aryl methyl sites for hydroxylation is 3. The lowest BCUT2D eigenvalue weighted by Gasteiger charge is -2.25. The molecule has 1 saturated heterocycles. The van der Waals surface area contributed by atoms with E-state index in [1.54, 1.807) is 0 Å². The van der Waals surface area contributed by atoms with Gasteiger partial charge in [-0.25, -0.2) is 0 Å². The Morgan fingerprint density at radius 2 is 1.72 bits per heavy atom. The van der Waals surface area contributed by atoms with Gasteiger partial charge in [-0.1, -0.05) is 29.3 Å². The summed E-state index contributed by atoms with van der Waals surface area (Å²) in [5.74, 6) is 0.0489. The van der Waals surface area contributed by atoms with Crippen molar-refractivity contribution in [2.24, 2.45) is 0 Å². The third kappa shape index (κ3) is 3.48. The summed E-state index contributed by atoms with van der Waals surface area (Å²) >= 11 is 0. The summed E-state index contributed by atoms with van der Waals surface area (Å²) in [4.78, 5) is 15.1. The van der Waals surface area contributed by atoms with Crippen LogP contribution in [0.3, 0.4) is 0 Å². The van der Waals surface area contributed by atoms with E-state index in [2.05, 4.69) is 57.9 Å². The second-order valence-corrected chi connectivity index (χ2v) is 8.33. The molecule has 1 amide bonds. The number of likely N-dealkylation sites (tertiary alicyclic amines) is 1. The lowest BCUT2D eigenvalue weighted by atomic mass is 9.99. The van der Waals surface area contributed by atoms with Crippen LogP contribution in [0, 0.1) is 20.8 Å². The summed E-state index contributed by atoms with van der Waals surface area (Å²) < 4.78 is 1.95. The molecule has 1 atom stereocenters. The van der Waals surface area contributed by atoms with E-state index in [4.69, 9.17) is 0 Å². The number of carbonyl (C=O) groups excluding carboxylic acids is 1. The molecule has 0 bridgehead atoms. The average Bonchev–Trinajstić information content (AvgIpc) is 3.11. The van der Waals surface area contributed by atoms with Crippen molar-refractivity contribution in [2.75, 3.05) is 6.54 Å². The fraction of sp³-hybridized carbons (Fsp3) is 0.524. The lowest BCUT2D eigenvalue weighted by Crippen LogP contribution is -2.31. The molecule has 134 valence electrons. The fourth-order valence-electron chi connectivity index (χ4n) is 3.96. The first-order valence-corrected chi connectivity index (χ1v) is 9.13.